The lowest BCUT2D eigenvalue weighted by molar-refractivity contribution is -0.137. The van der Waals surface area contributed by atoms with Gasteiger partial charge in [-0.15, -0.1) is 0 Å². The molecule has 0 saturated carbocycles. The van der Waals surface area contributed by atoms with E-state index in [1.54, 1.807) is 0 Å². The molecule has 2 N–H and O–H groups in total. The summed E-state index contributed by atoms with van der Waals surface area (Å²) in [7, 11) is 0. The minimum atomic E-state index is -0.740. The molecule has 80 valence electrons. The molecular weight excluding hydrogens is 190 g/mol. The van der Waals surface area contributed by atoms with Crippen molar-refractivity contribution in [2.75, 3.05) is 5.32 Å². The first-order chi connectivity index (χ1) is 7.19. The van der Waals surface area contributed by atoms with Gasteiger partial charge in [0, 0.05) is 11.7 Å². The minimum absolute atomic E-state index is 0.0598. The summed E-state index contributed by atoms with van der Waals surface area (Å²) in [5.74, 6) is -0.740. The largest absolute Gasteiger partial charge is 0.481 e. The van der Waals surface area contributed by atoms with Crippen molar-refractivity contribution in [3.8, 4) is 0 Å². The van der Waals surface area contributed by atoms with Crippen LogP contribution in [-0.4, -0.2) is 17.1 Å². The second-order valence-electron chi connectivity index (χ2n) is 3.99. The molecule has 0 saturated heterocycles. The molecule has 2 rings (SSSR count). The van der Waals surface area contributed by atoms with Crippen molar-refractivity contribution in [3.05, 3.63) is 29.3 Å². The van der Waals surface area contributed by atoms with Gasteiger partial charge in [0.1, 0.15) is 0 Å². The number of fused-ring (bicyclic) bond motifs is 1. The van der Waals surface area contributed by atoms with Crippen LogP contribution in [0.2, 0.25) is 0 Å². The van der Waals surface area contributed by atoms with E-state index in [9.17, 15) is 4.79 Å². The van der Waals surface area contributed by atoms with Crippen LogP contribution < -0.4 is 5.32 Å². The standard InChI is InChI=1S/C12H15NO2/c1-2-8-3-4-11-9(5-8)6-10(13-11)7-12(14)15/h3-5,10,13H,2,6-7H2,1H3,(H,14,15). The van der Waals surface area contributed by atoms with Crippen molar-refractivity contribution in [1.29, 1.82) is 0 Å². The number of anilines is 1. The Morgan fingerprint density at radius 3 is 3.07 bits per heavy atom. The van der Waals surface area contributed by atoms with E-state index in [1.807, 2.05) is 0 Å². The highest BCUT2D eigenvalue weighted by Crippen LogP contribution is 2.28. The summed E-state index contributed by atoms with van der Waals surface area (Å²) in [5, 5.41) is 11.9. The van der Waals surface area contributed by atoms with E-state index in [-0.39, 0.29) is 12.5 Å². The van der Waals surface area contributed by atoms with E-state index < -0.39 is 5.97 Å². The fourth-order valence-corrected chi connectivity index (χ4v) is 2.05. The number of rotatable bonds is 3. The van der Waals surface area contributed by atoms with Gasteiger partial charge in [0.2, 0.25) is 0 Å². The number of carbonyl (C=O) groups is 1. The SMILES string of the molecule is CCc1ccc2c(c1)CC(CC(=O)O)N2. The van der Waals surface area contributed by atoms with Gasteiger partial charge in [-0.2, -0.15) is 0 Å². The summed E-state index contributed by atoms with van der Waals surface area (Å²) in [4.78, 5) is 10.6. The Labute approximate surface area is 89.1 Å². The first-order valence-corrected chi connectivity index (χ1v) is 5.29. The quantitative estimate of drug-likeness (QED) is 0.794. The van der Waals surface area contributed by atoms with E-state index in [1.165, 1.54) is 11.1 Å². The van der Waals surface area contributed by atoms with Gasteiger partial charge in [-0.05, 0) is 30.0 Å². The third-order valence-electron chi connectivity index (χ3n) is 2.82. The zero-order valence-electron chi connectivity index (χ0n) is 8.79. The van der Waals surface area contributed by atoms with E-state index in [2.05, 4.69) is 30.4 Å². The molecule has 1 aliphatic heterocycles. The normalized spacial score (nSPS) is 18.3. The van der Waals surface area contributed by atoms with Crippen LogP contribution in [0.1, 0.15) is 24.5 Å². The summed E-state index contributed by atoms with van der Waals surface area (Å²) < 4.78 is 0. The smallest absolute Gasteiger partial charge is 0.305 e. The van der Waals surface area contributed by atoms with Crippen LogP contribution in [0, 0.1) is 0 Å². The number of nitrogens with one attached hydrogen (secondary N) is 1. The molecule has 1 heterocycles. The molecule has 0 amide bonds. The first kappa shape index (κ1) is 10.0. The molecule has 3 heteroatoms. The summed E-state index contributed by atoms with van der Waals surface area (Å²) in [6.07, 6.45) is 2.04. The van der Waals surface area contributed by atoms with Crippen molar-refractivity contribution in [2.24, 2.45) is 0 Å². The van der Waals surface area contributed by atoms with Crippen molar-refractivity contribution in [1.82, 2.24) is 0 Å². The molecule has 1 aromatic carbocycles. The topological polar surface area (TPSA) is 49.3 Å². The van der Waals surface area contributed by atoms with Gasteiger partial charge in [-0.1, -0.05) is 19.1 Å². The second kappa shape index (κ2) is 3.93. The Hall–Kier alpha value is -1.51. The molecule has 0 aliphatic carbocycles. The van der Waals surface area contributed by atoms with E-state index >= 15 is 0 Å². The van der Waals surface area contributed by atoms with Crippen molar-refractivity contribution in [3.63, 3.8) is 0 Å². The van der Waals surface area contributed by atoms with Crippen molar-refractivity contribution >= 4 is 11.7 Å². The maximum Gasteiger partial charge on any atom is 0.305 e. The van der Waals surface area contributed by atoms with Crippen LogP contribution in [-0.2, 0) is 17.6 Å². The van der Waals surface area contributed by atoms with Crippen LogP contribution in [0.15, 0.2) is 18.2 Å². The highest BCUT2D eigenvalue weighted by Gasteiger charge is 2.22. The molecule has 15 heavy (non-hydrogen) atoms. The number of hydrogen-bond donors (Lipinski definition) is 2. The molecule has 0 fully saturated rings. The Morgan fingerprint density at radius 2 is 2.40 bits per heavy atom. The predicted molar refractivity (Wildman–Crippen MR) is 59.2 cm³/mol. The Bertz CT molecular complexity index is 387. The average molecular weight is 205 g/mol. The average Bonchev–Trinajstić information content (AvgIpc) is 2.57. The minimum Gasteiger partial charge on any atom is -0.481 e. The maximum atomic E-state index is 10.6. The number of carboxylic acid groups (broad SMARTS) is 1. The van der Waals surface area contributed by atoms with Crippen LogP contribution >= 0.6 is 0 Å². The lowest BCUT2D eigenvalue weighted by atomic mass is 10.0. The fraction of sp³-hybridized carbons (Fsp3) is 0.417. The molecule has 1 aliphatic rings. The lowest BCUT2D eigenvalue weighted by Crippen LogP contribution is -2.19. The molecule has 0 radical (unpaired) electrons. The molecule has 0 bridgehead atoms. The highest BCUT2D eigenvalue weighted by molar-refractivity contribution is 5.70. The van der Waals surface area contributed by atoms with Crippen molar-refractivity contribution < 1.29 is 9.90 Å². The fourth-order valence-electron chi connectivity index (χ4n) is 2.05. The zero-order valence-corrected chi connectivity index (χ0v) is 8.79. The van der Waals surface area contributed by atoms with Gasteiger partial charge in [0.25, 0.3) is 0 Å². The van der Waals surface area contributed by atoms with Gasteiger partial charge in [0.15, 0.2) is 0 Å². The molecule has 0 spiro atoms. The van der Waals surface area contributed by atoms with Gasteiger partial charge in [0.05, 0.1) is 6.42 Å². The Balaban J connectivity index is 2.13. The molecular formula is C12H15NO2. The third-order valence-corrected chi connectivity index (χ3v) is 2.82. The van der Waals surface area contributed by atoms with Crippen LogP contribution in [0.25, 0.3) is 0 Å². The Kier molecular flexibility index (Phi) is 2.62. The summed E-state index contributed by atoms with van der Waals surface area (Å²) in [5.41, 5.74) is 3.66. The molecule has 1 unspecified atom stereocenters. The van der Waals surface area contributed by atoms with E-state index in [0.717, 1.165) is 18.5 Å². The first-order valence-electron chi connectivity index (χ1n) is 5.29. The number of carboxylic acids is 1. The van der Waals surface area contributed by atoms with Gasteiger partial charge in [-0.25, -0.2) is 0 Å². The Morgan fingerprint density at radius 1 is 1.60 bits per heavy atom. The van der Waals surface area contributed by atoms with Gasteiger partial charge in [-0.3, -0.25) is 4.79 Å². The molecule has 1 aromatic rings. The monoisotopic (exact) mass is 205 g/mol. The molecule has 1 atom stereocenters. The zero-order chi connectivity index (χ0) is 10.8. The molecule has 3 nitrogen and oxygen atoms in total. The summed E-state index contributed by atoms with van der Waals surface area (Å²) in [6.45, 7) is 2.12. The van der Waals surface area contributed by atoms with Crippen LogP contribution in [0.3, 0.4) is 0 Å². The van der Waals surface area contributed by atoms with Crippen LogP contribution in [0.5, 0.6) is 0 Å². The summed E-state index contributed by atoms with van der Waals surface area (Å²) >= 11 is 0. The number of aliphatic carboxylic acids is 1. The second-order valence-corrected chi connectivity index (χ2v) is 3.99. The lowest BCUT2D eigenvalue weighted by Gasteiger charge is -2.06. The number of benzene rings is 1. The number of aryl methyl sites for hydroxylation is 1. The molecule has 0 aromatic heterocycles. The maximum absolute atomic E-state index is 10.6. The predicted octanol–water partition coefficient (Wildman–Crippen LogP) is 2.06. The summed E-state index contributed by atoms with van der Waals surface area (Å²) in [6, 6.07) is 6.37. The van der Waals surface area contributed by atoms with E-state index in [0.29, 0.717) is 0 Å². The third kappa shape index (κ3) is 2.12. The number of hydrogen-bond acceptors (Lipinski definition) is 2. The van der Waals surface area contributed by atoms with Gasteiger partial charge < -0.3 is 10.4 Å². The highest BCUT2D eigenvalue weighted by atomic mass is 16.4. The van der Waals surface area contributed by atoms with Crippen LogP contribution in [0.4, 0.5) is 5.69 Å². The van der Waals surface area contributed by atoms with Gasteiger partial charge >= 0.3 is 5.97 Å². The van der Waals surface area contributed by atoms with Crippen molar-refractivity contribution in [2.45, 2.75) is 32.2 Å². The van der Waals surface area contributed by atoms with E-state index in [4.69, 9.17) is 5.11 Å².